The molecule has 7 nitrogen and oxygen atoms in total. The van der Waals surface area contributed by atoms with Crippen molar-refractivity contribution in [1.82, 2.24) is 25.3 Å². The highest BCUT2D eigenvalue weighted by molar-refractivity contribution is 5.92. The molecule has 3 rings (SSSR count). The van der Waals surface area contributed by atoms with Gasteiger partial charge in [0.15, 0.2) is 5.82 Å². The van der Waals surface area contributed by atoms with Gasteiger partial charge < -0.3 is 15.6 Å². The Hall–Kier alpha value is -2.96. The van der Waals surface area contributed by atoms with Crippen LogP contribution in [0.15, 0.2) is 36.8 Å². The number of anilines is 1. The minimum atomic E-state index is -0.733. The Morgan fingerprint density at radius 3 is 2.88 bits per heavy atom. The minimum Gasteiger partial charge on any atom is -0.356 e. The molecule has 0 aliphatic heterocycles. The third kappa shape index (κ3) is 3.31. The summed E-state index contributed by atoms with van der Waals surface area (Å²) in [5, 5.41) is 7.08. The van der Waals surface area contributed by atoms with E-state index in [0.29, 0.717) is 24.6 Å². The van der Waals surface area contributed by atoms with E-state index >= 15 is 0 Å². The molecule has 0 saturated carbocycles. The fourth-order valence-electron chi connectivity index (χ4n) is 2.64. The van der Waals surface area contributed by atoms with Gasteiger partial charge in [-0.1, -0.05) is 6.92 Å². The lowest BCUT2D eigenvalue weighted by molar-refractivity contribution is -0.125. The number of fused-ring (bicyclic) bond motifs is 1. The Kier molecular flexibility index (Phi) is 4.65. The number of likely N-dealkylation sites (N-methyl/N-ethyl adjacent to an activating group) is 1. The minimum absolute atomic E-state index is 0. The predicted octanol–water partition coefficient (Wildman–Crippen LogP) is 3.23. The average Bonchev–Trinajstić information content (AvgIpc) is 3.06. The van der Waals surface area contributed by atoms with Crippen LogP contribution in [0.3, 0.4) is 0 Å². The van der Waals surface area contributed by atoms with Crippen molar-refractivity contribution in [2.45, 2.75) is 32.7 Å². The summed E-state index contributed by atoms with van der Waals surface area (Å²) < 4.78 is 0. The zero-order valence-corrected chi connectivity index (χ0v) is 14.6. The van der Waals surface area contributed by atoms with Gasteiger partial charge in [-0.3, -0.25) is 4.79 Å². The molecular weight excluding hydrogens is 316 g/mol. The summed E-state index contributed by atoms with van der Waals surface area (Å²) in [6, 6.07) is 5.62. The Balaban J connectivity index is 0.00000182. The summed E-state index contributed by atoms with van der Waals surface area (Å²) >= 11 is 0. The largest absolute Gasteiger partial charge is 0.356 e. The highest BCUT2D eigenvalue weighted by Crippen LogP contribution is 2.26. The van der Waals surface area contributed by atoms with E-state index in [1.54, 1.807) is 18.5 Å². The Morgan fingerprint density at radius 1 is 1.28 bits per heavy atom. The summed E-state index contributed by atoms with van der Waals surface area (Å²) in [5.41, 5.74) is 0.937. The van der Waals surface area contributed by atoms with Gasteiger partial charge in [0.25, 0.3) is 0 Å². The summed E-state index contributed by atoms with van der Waals surface area (Å²) in [6.45, 7) is 6.33. The Labute approximate surface area is 149 Å². The molecule has 3 aromatic heterocycles. The molecule has 134 valence electrons. The van der Waals surface area contributed by atoms with Crippen molar-refractivity contribution in [3.8, 4) is 11.4 Å². The maximum absolute atomic E-state index is 12.4. The maximum Gasteiger partial charge on any atom is 0.245 e. The van der Waals surface area contributed by atoms with E-state index in [0.717, 1.165) is 16.6 Å². The molecule has 3 N–H and O–H groups in total. The standard InChI is InChI=1S/C18H22N6O.2H2/c1-4-18(3,17(25)19-5-2)24-14-8-10-21-16(23-14)13-11-22-15-12(13)7-6-9-20-15;;/h6-11H,4-5H2,1-3H3,(H,19,25)(H,20,22)(H,21,23,24);2*1H/t18-;;/m1../s1. The lowest BCUT2D eigenvalue weighted by atomic mass is 9.97. The number of carbonyl (C=O) groups is 1. The van der Waals surface area contributed by atoms with Gasteiger partial charge in [-0.2, -0.15) is 0 Å². The van der Waals surface area contributed by atoms with Crippen LogP contribution < -0.4 is 10.6 Å². The number of hydrogen-bond donors (Lipinski definition) is 3. The molecule has 0 fully saturated rings. The number of carbonyl (C=O) groups excluding carboxylic acids is 1. The van der Waals surface area contributed by atoms with Gasteiger partial charge in [-0.15, -0.1) is 0 Å². The zero-order chi connectivity index (χ0) is 17.9. The van der Waals surface area contributed by atoms with Crippen molar-refractivity contribution < 1.29 is 7.65 Å². The average molecular weight is 342 g/mol. The highest BCUT2D eigenvalue weighted by atomic mass is 16.2. The molecule has 3 heterocycles. The second-order valence-corrected chi connectivity index (χ2v) is 6.04. The van der Waals surface area contributed by atoms with Crippen LogP contribution in [-0.4, -0.2) is 37.9 Å². The third-order valence-electron chi connectivity index (χ3n) is 4.30. The summed E-state index contributed by atoms with van der Waals surface area (Å²) in [4.78, 5) is 28.7. The van der Waals surface area contributed by atoms with Crippen molar-refractivity contribution in [1.29, 1.82) is 0 Å². The lowest BCUT2D eigenvalue weighted by Gasteiger charge is -2.28. The number of nitrogens with one attached hydrogen (secondary N) is 3. The first-order valence-corrected chi connectivity index (χ1v) is 8.39. The molecular formula is C18H26N6O. The van der Waals surface area contributed by atoms with E-state index in [-0.39, 0.29) is 8.76 Å². The number of aromatic nitrogens is 4. The fourth-order valence-corrected chi connectivity index (χ4v) is 2.64. The first kappa shape index (κ1) is 16.9. The van der Waals surface area contributed by atoms with Crippen molar-refractivity contribution in [2.24, 2.45) is 0 Å². The monoisotopic (exact) mass is 342 g/mol. The van der Waals surface area contributed by atoms with Gasteiger partial charge in [-0.25, -0.2) is 15.0 Å². The second kappa shape index (κ2) is 6.88. The quantitative estimate of drug-likeness (QED) is 0.639. The van der Waals surface area contributed by atoms with Crippen LogP contribution in [0.5, 0.6) is 0 Å². The number of nitrogens with zero attached hydrogens (tertiary/aromatic N) is 3. The molecule has 7 heteroatoms. The van der Waals surface area contributed by atoms with E-state index in [9.17, 15) is 4.79 Å². The number of pyridine rings is 1. The van der Waals surface area contributed by atoms with Gasteiger partial charge in [0.1, 0.15) is 17.0 Å². The van der Waals surface area contributed by atoms with Gasteiger partial charge in [0, 0.05) is 38.9 Å². The molecule has 1 amide bonds. The highest BCUT2D eigenvalue weighted by Gasteiger charge is 2.31. The normalized spacial score (nSPS) is 13.4. The van der Waals surface area contributed by atoms with Crippen LogP contribution in [0.2, 0.25) is 0 Å². The van der Waals surface area contributed by atoms with Crippen LogP contribution in [-0.2, 0) is 4.79 Å². The Morgan fingerprint density at radius 2 is 2.12 bits per heavy atom. The van der Waals surface area contributed by atoms with Gasteiger partial charge >= 0.3 is 0 Å². The van der Waals surface area contributed by atoms with Gasteiger partial charge in [0.2, 0.25) is 5.91 Å². The predicted molar refractivity (Wildman–Crippen MR) is 102 cm³/mol. The molecule has 0 radical (unpaired) electrons. The van der Waals surface area contributed by atoms with Crippen LogP contribution in [0, 0.1) is 0 Å². The molecule has 0 aromatic carbocycles. The zero-order valence-electron chi connectivity index (χ0n) is 14.6. The SMILES string of the molecule is CCNC(=O)[C@@](C)(CC)Nc1ccnc(-c2c[nH]c3ncccc23)n1.[HH].[HH]. The fraction of sp³-hybridized carbons (Fsp3) is 0.333. The summed E-state index contributed by atoms with van der Waals surface area (Å²) in [7, 11) is 0. The van der Waals surface area contributed by atoms with Crippen LogP contribution in [0.25, 0.3) is 22.4 Å². The first-order chi connectivity index (χ1) is 12.1. The topological polar surface area (TPSA) is 95.6 Å². The van der Waals surface area contributed by atoms with E-state index in [4.69, 9.17) is 0 Å². The smallest absolute Gasteiger partial charge is 0.245 e. The summed E-state index contributed by atoms with van der Waals surface area (Å²) in [6.07, 6.45) is 5.91. The molecule has 0 unspecified atom stereocenters. The van der Waals surface area contributed by atoms with Crippen molar-refractivity contribution >= 4 is 22.8 Å². The van der Waals surface area contributed by atoms with Gasteiger partial charge in [0.05, 0.1) is 0 Å². The lowest BCUT2D eigenvalue weighted by Crippen LogP contribution is -2.50. The molecule has 0 saturated heterocycles. The number of hydrogen-bond acceptors (Lipinski definition) is 5. The number of rotatable bonds is 6. The summed E-state index contributed by atoms with van der Waals surface area (Å²) in [5.74, 6) is 1.14. The molecule has 25 heavy (non-hydrogen) atoms. The van der Waals surface area contributed by atoms with E-state index < -0.39 is 5.54 Å². The van der Waals surface area contributed by atoms with E-state index in [2.05, 4.69) is 30.6 Å². The number of H-pyrrole nitrogens is 1. The second-order valence-electron chi connectivity index (χ2n) is 6.04. The first-order valence-electron chi connectivity index (χ1n) is 8.39. The Bertz CT molecular complexity index is 900. The molecule has 3 aromatic rings. The van der Waals surface area contributed by atoms with Crippen LogP contribution in [0.1, 0.15) is 30.0 Å². The van der Waals surface area contributed by atoms with Crippen molar-refractivity contribution in [3.63, 3.8) is 0 Å². The third-order valence-corrected chi connectivity index (χ3v) is 4.30. The molecule has 0 aliphatic carbocycles. The van der Waals surface area contributed by atoms with Crippen molar-refractivity contribution in [2.75, 3.05) is 11.9 Å². The van der Waals surface area contributed by atoms with E-state index in [1.165, 1.54) is 0 Å². The molecule has 1 atom stereocenters. The van der Waals surface area contributed by atoms with E-state index in [1.807, 2.05) is 39.1 Å². The number of amides is 1. The molecule has 0 spiro atoms. The maximum atomic E-state index is 12.4. The number of aromatic amines is 1. The van der Waals surface area contributed by atoms with Crippen LogP contribution in [0.4, 0.5) is 5.82 Å². The van der Waals surface area contributed by atoms with Crippen LogP contribution >= 0.6 is 0 Å². The van der Waals surface area contributed by atoms with Gasteiger partial charge in [-0.05, 0) is 38.5 Å². The van der Waals surface area contributed by atoms with Crippen molar-refractivity contribution in [3.05, 3.63) is 36.8 Å². The molecule has 0 aliphatic rings. The molecule has 0 bridgehead atoms.